The predicted molar refractivity (Wildman–Crippen MR) is 140 cm³/mol. The van der Waals surface area contributed by atoms with E-state index < -0.39 is 5.54 Å². The number of hydrogen-bond donors (Lipinski definition) is 2. The van der Waals surface area contributed by atoms with Gasteiger partial charge in [-0.1, -0.05) is 54.6 Å². The summed E-state index contributed by atoms with van der Waals surface area (Å²) in [7, 11) is 0. The summed E-state index contributed by atoms with van der Waals surface area (Å²) >= 11 is 0. The normalized spacial score (nSPS) is 19.2. The molecule has 1 saturated carbocycles. The molecule has 0 amide bonds. The van der Waals surface area contributed by atoms with Crippen molar-refractivity contribution in [3.63, 3.8) is 0 Å². The highest BCUT2D eigenvalue weighted by Gasteiger charge is 2.41. The summed E-state index contributed by atoms with van der Waals surface area (Å²) in [4.78, 5) is 13.8. The van der Waals surface area contributed by atoms with Crippen molar-refractivity contribution in [2.75, 3.05) is 0 Å². The van der Waals surface area contributed by atoms with Crippen LogP contribution >= 0.6 is 0 Å². The lowest BCUT2D eigenvalue weighted by atomic mass is 9.70. The highest BCUT2D eigenvalue weighted by atomic mass is 16.3. The van der Waals surface area contributed by atoms with E-state index in [0.717, 1.165) is 44.5 Å². The lowest BCUT2D eigenvalue weighted by Crippen LogP contribution is -2.51. The summed E-state index contributed by atoms with van der Waals surface area (Å²) in [6.07, 6.45) is 8.07. The standard InChI is InChI=1S/C29H24N7O/c30-29(16-22(37)17-29)21-9-7-20(8-10-21)26-23(19-5-2-1-3-6-19)15-24-25(33-26)11-14-35-18-36(34-27(24)35)28-31-12-4-13-32-28/h1-15,18,22,37H,16-17,30H2/q+1. The third-order valence-electron chi connectivity index (χ3n) is 7.14. The van der Waals surface area contributed by atoms with Crippen LogP contribution < -0.4 is 10.1 Å². The smallest absolute Gasteiger partial charge is 0.328 e. The molecule has 3 N–H and O–H groups in total. The second kappa shape index (κ2) is 8.26. The molecule has 180 valence electrons. The predicted octanol–water partition coefficient (Wildman–Crippen LogP) is 3.59. The average Bonchev–Trinajstić information content (AvgIpc) is 3.38. The zero-order chi connectivity index (χ0) is 25.0. The Morgan fingerprint density at radius 2 is 1.68 bits per heavy atom. The lowest BCUT2D eigenvalue weighted by Gasteiger charge is -2.42. The number of fused-ring (bicyclic) bond motifs is 3. The zero-order valence-corrected chi connectivity index (χ0v) is 19.9. The van der Waals surface area contributed by atoms with E-state index in [0.29, 0.717) is 18.8 Å². The molecule has 8 nitrogen and oxygen atoms in total. The minimum Gasteiger partial charge on any atom is -0.393 e. The first-order valence-electron chi connectivity index (χ1n) is 12.2. The molecule has 1 fully saturated rings. The average molecular weight is 487 g/mol. The third-order valence-corrected chi connectivity index (χ3v) is 7.14. The molecular weight excluding hydrogens is 462 g/mol. The first kappa shape index (κ1) is 21.7. The number of aromatic nitrogens is 6. The van der Waals surface area contributed by atoms with Gasteiger partial charge in [-0.2, -0.15) is 0 Å². The van der Waals surface area contributed by atoms with Crippen molar-refractivity contribution in [1.29, 1.82) is 0 Å². The Hall–Kier alpha value is -4.53. The highest BCUT2D eigenvalue weighted by Crippen LogP contribution is 2.40. The molecule has 0 aliphatic heterocycles. The summed E-state index contributed by atoms with van der Waals surface area (Å²) in [5.41, 5.74) is 12.7. The van der Waals surface area contributed by atoms with Crippen LogP contribution in [-0.4, -0.2) is 35.9 Å². The molecule has 0 spiro atoms. The Balaban J connectivity index is 1.40. The van der Waals surface area contributed by atoms with Crippen molar-refractivity contribution in [2.24, 2.45) is 5.73 Å². The van der Waals surface area contributed by atoms with Gasteiger partial charge in [0.1, 0.15) is 0 Å². The number of pyridine rings is 2. The maximum absolute atomic E-state index is 9.78. The highest BCUT2D eigenvalue weighted by molar-refractivity contribution is 5.96. The van der Waals surface area contributed by atoms with Gasteiger partial charge < -0.3 is 10.8 Å². The molecule has 0 radical (unpaired) electrons. The Labute approximate surface area is 212 Å². The fourth-order valence-electron chi connectivity index (χ4n) is 5.18. The summed E-state index contributed by atoms with van der Waals surface area (Å²) in [5, 5.41) is 15.5. The molecule has 6 aromatic rings. The van der Waals surface area contributed by atoms with Crippen LogP contribution in [0.4, 0.5) is 0 Å². The molecule has 37 heavy (non-hydrogen) atoms. The van der Waals surface area contributed by atoms with E-state index in [1.54, 1.807) is 23.1 Å². The van der Waals surface area contributed by atoms with E-state index in [1.807, 2.05) is 41.2 Å². The van der Waals surface area contributed by atoms with Gasteiger partial charge in [-0.25, -0.2) is 19.4 Å². The Morgan fingerprint density at radius 3 is 2.41 bits per heavy atom. The van der Waals surface area contributed by atoms with Crippen LogP contribution in [0.3, 0.4) is 0 Å². The van der Waals surface area contributed by atoms with Gasteiger partial charge in [-0.15, -0.1) is 0 Å². The van der Waals surface area contributed by atoms with Gasteiger partial charge in [-0.05, 0) is 46.8 Å². The molecule has 0 bridgehead atoms. The van der Waals surface area contributed by atoms with Gasteiger partial charge >= 0.3 is 11.6 Å². The van der Waals surface area contributed by atoms with Crippen molar-refractivity contribution < 1.29 is 9.51 Å². The molecule has 2 aromatic carbocycles. The molecule has 4 heterocycles. The van der Waals surface area contributed by atoms with E-state index in [9.17, 15) is 5.11 Å². The van der Waals surface area contributed by atoms with Gasteiger partial charge in [0.25, 0.3) is 0 Å². The van der Waals surface area contributed by atoms with Gasteiger partial charge in [-0.3, -0.25) is 0 Å². The van der Waals surface area contributed by atoms with Crippen LogP contribution in [0.1, 0.15) is 18.4 Å². The second-order valence-electron chi connectivity index (χ2n) is 9.63. The summed E-state index contributed by atoms with van der Waals surface area (Å²) < 4.78 is 3.63. The van der Waals surface area contributed by atoms with Crippen LogP contribution in [0.15, 0.2) is 97.7 Å². The zero-order valence-electron chi connectivity index (χ0n) is 19.9. The molecule has 8 heteroatoms. The van der Waals surface area contributed by atoms with Crippen LogP contribution in [0.5, 0.6) is 0 Å². The number of nitrogens with zero attached hydrogens (tertiary/aromatic N) is 6. The summed E-state index contributed by atoms with van der Waals surface area (Å²) in [6, 6.07) is 24.5. The van der Waals surface area contributed by atoms with Crippen molar-refractivity contribution in [3.05, 3.63) is 103 Å². The van der Waals surface area contributed by atoms with Gasteiger partial charge in [0.15, 0.2) is 0 Å². The number of nitrogens with two attached hydrogens (primary N) is 1. The Morgan fingerprint density at radius 1 is 0.919 bits per heavy atom. The van der Waals surface area contributed by atoms with E-state index in [4.69, 9.17) is 15.8 Å². The van der Waals surface area contributed by atoms with Crippen LogP contribution in [0.2, 0.25) is 0 Å². The van der Waals surface area contributed by atoms with E-state index >= 15 is 0 Å². The van der Waals surface area contributed by atoms with E-state index in [2.05, 4.69) is 52.4 Å². The Kier molecular flexibility index (Phi) is 4.85. The third kappa shape index (κ3) is 3.66. The number of aliphatic hydroxyl groups is 1. The Bertz CT molecular complexity index is 1740. The van der Waals surface area contributed by atoms with Crippen molar-refractivity contribution in [3.8, 4) is 28.3 Å². The van der Waals surface area contributed by atoms with Gasteiger partial charge in [0, 0.05) is 29.1 Å². The number of benzene rings is 2. The number of hydrogen-bond acceptors (Lipinski definition) is 6. The molecule has 1 aliphatic carbocycles. The van der Waals surface area contributed by atoms with Crippen LogP contribution in [-0.2, 0) is 5.54 Å². The topological polar surface area (TPSA) is 107 Å². The fourth-order valence-corrected chi connectivity index (χ4v) is 5.18. The van der Waals surface area contributed by atoms with E-state index in [1.165, 1.54) is 0 Å². The van der Waals surface area contributed by atoms with Crippen molar-refractivity contribution >= 4 is 16.6 Å². The molecule has 7 rings (SSSR count). The SMILES string of the molecule is NC1(c2ccc(-c3nc4cc[n+]5cn(-c6ncccn6)nc5c4cc3-c3ccccc3)cc2)CC(O)C1. The van der Waals surface area contributed by atoms with Crippen molar-refractivity contribution in [2.45, 2.75) is 24.5 Å². The summed E-state index contributed by atoms with van der Waals surface area (Å²) in [6.45, 7) is 0. The fraction of sp³-hybridized carbons (Fsp3) is 0.138. The molecule has 0 saturated heterocycles. The monoisotopic (exact) mass is 486 g/mol. The van der Waals surface area contributed by atoms with Crippen LogP contribution in [0, 0.1) is 0 Å². The second-order valence-corrected chi connectivity index (χ2v) is 9.63. The quantitative estimate of drug-likeness (QED) is 0.369. The van der Waals surface area contributed by atoms with Crippen LogP contribution in [0.25, 0.3) is 44.9 Å². The van der Waals surface area contributed by atoms with Gasteiger partial charge in [0.2, 0.25) is 6.33 Å². The maximum Gasteiger partial charge on any atom is 0.328 e. The molecule has 1 aliphatic rings. The number of rotatable bonds is 4. The largest absolute Gasteiger partial charge is 0.393 e. The molecule has 0 atom stereocenters. The molecule has 4 aromatic heterocycles. The molecular formula is C29H24N7O+. The summed E-state index contributed by atoms with van der Waals surface area (Å²) in [5.74, 6) is 0.504. The first-order valence-corrected chi connectivity index (χ1v) is 12.2. The first-order chi connectivity index (χ1) is 18.1. The lowest BCUT2D eigenvalue weighted by molar-refractivity contribution is -0.511. The van der Waals surface area contributed by atoms with Crippen molar-refractivity contribution in [1.82, 2.24) is 24.7 Å². The minimum atomic E-state index is -0.457. The maximum atomic E-state index is 9.78. The number of aliphatic hydroxyl groups excluding tert-OH is 1. The van der Waals surface area contributed by atoms with E-state index in [-0.39, 0.29) is 6.10 Å². The molecule has 0 unspecified atom stereocenters. The van der Waals surface area contributed by atoms with Gasteiger partial charge in [0.05, 0.1) is 34.0 Å². The minimum absolute atomic E-state index is 0.317.